The van der Waals surface area contributed by atoms with Crippen LogP contribution in [0.5, 0.6) is 5.75 Å². The number of H-pyrrole nitrogens is 1. The summed E-state index contributed by atoms with van der Waals surface area (Å²) < 4.78 is 31.0. The molecule has 0 aliphatic carbocycles. The first-order valence-electron chi connectivity index (χ1n) is 10.2. The Kier molecular flexibility index (Phi) is 6.22. The Morgan fingerprint density at radius 2 is 1.81 bits per heavy atom. The van der Waals surface area contributed by atoms with Crippen molar-refractivity contribution in [1.29, 1.82) is 0 Å². The Labute approximate surface area is 186 Å². The van der Waals surface area contributed by atoms with Gasteiger partial charge in [-0.2, -0.15) is 0 Å². The van der Waals surface area contributed by atoms with Crippen molar-refractivity contribution in [2.24, 2.45) is 0 Å². The zero-order valence-corrected chi connectivity index (χ0v) is 18.4. The average molecular weight is 455 g/mol. The smallest absolute Gasteiger partial charge is 0.229 e. The highest BCUT2D eigenvalue weighted by molar-refractivity contribution is 7.92. The molecule has 4 aromatic rings. The van der Waals surface area contributed by atoms with Gasteiger partial charge in [0.1, 0.15) is 12.4 Å². The van der Waals surface area contributed by atoms with E-state index in [0.717, 1.165) is 33.8 Å². The summed E-state index contributed by atoms with van der Waals surface area (Å²) in [7, 11) is -3.37. The van der Waals surface area contributed by atoms with Crippen LogP contribution in [0, 0.1) is 0 Å². The van der Waals surface area contributed by atoms with Gasteiger partial charge in [-0.05, 0) is 42.0 Å². The van der Waals surface area contributed by atoms with Crippen LogP contribution in [0.1, 0.15) is 11.7 Å². The molecule has 1 heterocycles. The molecule has 0 bridgehead atoms. The molecule has 0 fully saturated rings. The molecule has 0 saturated carbocycles. The van der Waals surface area contributed by atoms with E-state index in [-0.39, 0.29) is 0 Å². The molecule has 1 aromatic heterocycles. The van der Waals surface area contributed by atoms with E-state index < -0.39 is 16.1 Å². The van der Waals surface area contributed by atoms with E-state index in [9.17, 15) is 13.5 Å². The van der Waals surface area contributed by atoms with E-state index in [1.807, 2.05) is 36.4 Å². The van der Waals surface area contributed by atoms with Gasteiger partial charge in [-0.25, -0.2) is 8.42 Å². The number of aliphatic hydroxyl groups is 1. The first-order valence-corrected chi connectivity index (χ1v) is 12.1. The number of fused-ring (bicyclic) bond motifs is 3. The van der Waals surface area contributed by atoms with Crippen molar-refractivity contribution in [3.63, 3.8) is 0 Å². The monoisotopic (exact) mass is 454 g/mol. The van der Waals surface area contributed by atoms with Crippen molar-refractivity contribution < 1.29 is 18.3 Å². The van der Waals surface area contributed by atoms with Gasteiger partial charge in [0.15, 0.2) is 0 Å². The number of rotatable bonds is 9. The minimum atomic E-state index is -3.37. The van der Waals surface area contributed by atoms with Crippen molar-refractivity contribution in [1.82, 2.24) is 10.3 Å². The molecule has 9 heteroatoms. The Morgan fingerprint density at radius 3 is 2.59 bits per heavy atom. The molecule has 32 heavy (non-hydrogen) atoms. The number of aliphatic hydroxyl groups excluding tert-OH is 1. The van der Waals surface area contributed by atoms with Gasteiger partial charge >= 0.3 is 0 Å². The molecule has 0 spiro atoms. The molecule has 8 nitrogen and oxygen atoms in total. The second-order valence-corrected chi connectivity index (χ2v) is 9.45. The molecule has 0 aliphatic heterocycles. The van der Waals surface area contributed by atoms with Crippen LogP contribution in [-0.4, -0.2) is 44.5 Å². The Morgan fingerprint density at radius 1 is 1.06 bits per heavy atom. The summed E-state index contributed by atoms with van der Waals surface area (Å²) in [4.78, 5) is 3.36. The van der Waals surface area contributed by atoms with E-state index in [1.54, 1.807) is 24.3 Å². The predicted octanol–water partition coefficient (Wildman–Crippen LogP) is 2.98. The lowest BCUT2D eigenvalue weighted by atomic mass is 10.1. The number of anilines is 2. The summed E-state index contributed by atoms with van der Waals surface area (Å²) in [6.07, 6.45) is 0.315. The van der Waals surface area contributed by atoms with Crippen molar-refractivity contribution in [2.75, 3.05) is 36.4 Å². The van der Waals surface area contributed by atoms with Crippen molar-refractivity contribution in [2.45, 2.75) is 6.10 Å². The van der Waals surface area contributed by atoms with E-state index >= 15 is 0 Å². The SMILES string of the molecule is CS(=O)(=O)Nc1cccc([C@H](O)CNCCOc2ccc3c(c2)[nH]c2cc(N)ccc23)c1. The van der Waals surface area contributed by atoms with Gasteiger partial charge in [0.2, 0.25) is 10.0 Å². The molecule has 0 unspecified atom stereocenters. The lowest BCUT2D eigenvalue weighted by Gasteiger charge is -2.14. The molecule has 0 saturated heterocycles. The number of nitrogens with two attached hydrogens (primary N) is 1. The number of ether oxygens (including phenoxy) is 1. The largest absolute Gasteiger partial charge is 0.492 e. The third-order valence-corrected chi connectivity index (χ3v) is 5.66. The lowest BCUT2D eigenvalue weighted by molar-refractivity contribution is 0.172. The van der Waals surface area contributed by atoms with Gasteiger partial charge in [0.25, 0.3) is 0 Å². The number of hydrogen-bond acceptors (Lipinski definition) is 6. The van der Waals surface area contributed by atoms with Crippen LogP contribution in [0.3, 0.4) is 0 Å². The van der Waals surface area contributed by atoms with Crippen LogP contribution >= 0.6 is 0 Å². The van der Waals surface area contributed by atoms with Gasteiger partial charge < -0.3 is 25.9 Å². The number of hydrogen-bond donors (Lipinski definition) is 5. The molecular formula is C23H26N4O4S. The number of sulfonamides is 1. The maximum Gasteiger partial charge on any atom is 0.229 e. The summed E-state index contributed by atoms with van der Waals surface area (Å²) in [6, 6.07) is 18.4. The maximum atomic E-state index is 11.4. The van der Waals surface area contributed by atoms with Crippen LogP contribution in [0.15, 0.2) is 60.7 Å². The molecule has 3 aromatic carbocycles. The highest BCUT2D eigenvalue weighted by Crippen LogP contribution is 2.29. The maximum absolute atomic E-state index is 11.4. The Hall–Kier alpha value is -3.27. The Balaban J connectivity index is 1.28. The average Bonchev–Trinajstić information content (AvgIpc) is 3.08. The summed E-state index contributed by atoms with van der Waals surface area (Å²) in [6.45, 7) is 1.29. The number of aromatic nitrogens is 1. The lowest BCUT2D eigenvalue weighted by Crippen LogP contribution is -2.26. The first kappa shape index (κ1) is 21.9. The second-order valence-electron chi connectivity index (χ2n) is 7.71. The Bertz CT molecular complexity index is 1350. The first-order chi connectivity index (χ1) is 15.3. The van der Waals surface area contributed by atoms with E-state index in [4.69, 9.17) is 10.5 Å². The fourth-order valence-corrected chi connectivity index (χ4v) is 4.17. The number of aromatic amines is 1. The minimum absolute atomic E-state index is 0.314. The van der Waals surface area contributed by atoms with Crippen molar-refractivity contribution >= 4 is 43.2 Å². The summed E-state index contributed by atoms with van der Waals surface area (Å²) >= 11 is 0. The number of nitrogens with one attached hydrogen (secondary N) is 3. The molecule has 4 rings (SSSR count). The standard InChI is InChI=1S/C23H26N4O4S/c1-32(29,30)27-17-4-2-3-15(11-17)23(28)14-25-9-10-31-18-6-8-20-19-7-5-16(24)12-21(19)26-22(20)13-18/h2-8,11-13,23,25-28H,9-10,14,24H2,1H3/t23-/m1/s1. The fourth-order valence-electron chi connectivity index (χ4n) is 3.62. The molecule has 0 radical (unpaired) electrons. The van der Waals surface area contributed by atoms with Crippen LogP contribution in [0.25, 0.3) is 21.8 Å². The predicted molar refractivity (Wildman–Crippen MR) is 128 cm³/mol. The van der Waals surface area contributed by atoms with Crippen molar-refractivity contribution in [3.8, 4) is 5.75 Å². The number of nitrogen functional groups attached to an aromatic ring is 1. The molecular weight excluding hydrogens is 428 g/mol. The second kappa shape index (κ2) is 9.07. The van der Waals surface area contributed by atoms with Crippen LogP contribution in [0.4, 0.5) is 11.4 Å². The third kappa shape index (κ3) is 5.31. The van der Waals surface area contributed by atoms with Gasteiger partial charge in [-0.1, -0.05) is 18.2 Å². The summed E-state index contributed by atoms with van der Waals surface area (Å²) in [5.74, 6) is 0.749. The van der Waals surface area contributed by atoms with E-state index in [0.29, 0.717) is 36.6 Å². The normalized spacial score (nSPS) is 12.8. The summed E-state index contributed by atoms with van der Waals surface area (Å²) in [5, 5.41) is 15.8. The quantitative estimate of drug-likeness (QED) is 0.195. The zero-order valence-electron chi connectivity index (χ0n) is 17.6. The molecule has 0 amide bonds. The zero-order chi connectivity index (χ0) is 22.7. The highest BCUT2D eigenvalue weighted by Gasteiger charge is 2.10. The topological polar surface area (TPSA) is 129 Å². The number of benzene rings is 3. The third-order valence-electron chi connectivity index (χ3n) is 5.05. The molecule has 6 N–H and O–H groups in total. The van der Waals surface area contributed by atoms with Crippen LogP contribution in [0.2, 0.25) is 0 Å². The molecule has 0 aliphatic rings. The van der Waals surface area contributed by atoms with E-state index in [2.05, 4.69) is 15.0 Å². The van der Waals surface area contributed by atoms with E-state index in [1.165, 1.54) is 0 Å². The summed E-state index contributed by atoms with van der Waals surface area (Å²) in [5.41, 5.74) is 9.59. The minimum Gasteiger partial charge on any atom is -0.492 e. The van der Waals surface area contributed by atoms with Crippen molar-refractivity contribution in [3.05, 3.63) is 66.2 Å². The highest BCUT2D eigenvalue weighted by atomic mass is 32.2. The van der Waals surface area contributed by atoms with Gasteiger partial charge in [-0.15, -0.1) is 0 Å². The van der Waals surface area contributed by atoms with Gasteiger partial charge in [0.05, 0.1) is 17.9 Å². The van der Waals surface area contributed by atoms with Crippen LogP contribution in [-0.2, 0) is 10.0 Å². The van der Waals surface area contributed by atoms with Crippen LogP contribution < -0.4 is 20.5 Å². The molecule has 1 atom stereocenters. The molecule has 168 valence electrons. The fraction of sp³-hybridized carbons (Fsp3) is 0.217. The van der Waals surface area contributed by atoms with Gasteiger partial charge in [0, 0.05) is 46.8 Å². The van der Waals surface area contributed by atoms with Gasteiger partial charge in [-0.3, -0.25) is 4.72 Å².